The van der Waals surface area contributed by atoms with Crippen molar-refractivity contribution >= 4 is 58.4 Å². The molecule has 2 atom stereocenters. The summed E-state index contributed by atoms with van der Waals surface area (Å²) in [4.78, 5) is 38.1. The van der Waals surface area contributed by atoms with Gasteiger partial charge in [0, 0.05) is 11.6 Å². The highest BCUT2D eigenvalue weighted by molar-refractivity contribution is 8.03. The second-order valence-corrected chi connectivity index (χ2v) is 9.58. The van der Waals surface area contributed by atoms with Crippen LogP contribution in [0.15, 0.2) is 47.0 Å². The van der Waals surface area contributed by atoms with Crippen LogP contribution in [0.2, 0.25) is 10.0 Å². The molecule has 1 aliphatic heterocycles. The van der Waals surface area contributed by atoms with Crippen LogP contribution < -0.4 is 15.4 Å². The number of nitriles is 1. The number of aryl methyl sites for hydroxylation is 1. The summed E-state index contributed by atoms with van der Waals surface area (Å²) in [5.41, 5.74) is 2.05. The lowest BCUT2D eigenvalue weighted by Crippen LogP contribution is -2.44. The molecule has 2 amide bonds. The second-order valence-electron chi connectivity index (χ2n) is 7.78. The Morgan fingerprint density at radius 3 is 2.50 bits per heavy atom. The summed E-state index contributed by atoms with van der Waals surface area (Å²) in [6.07, 6.45) is 0. The van der Waals surface area contributed by atoms with Crippen LogP contribution in [-0.4, -0.2) is 37.3 Å². The Kier molecular flexibility index (Phi) is 9.26. The van der Waals surface area contributed by atoms with Crippen molar-refractivity contribution in [2.24, 2.45) is 5.92 Å². The van der Waals surface area contributed by atoms with Crippen LogP contribution in [0.25, 0.3) is 0 Å². The lowest BCUT2D eigenvalue weighted by molar-refractivity contribution is -0.150. The Morgan fingerprint density at radius 1 is 1.22 bits per heavy atom. The average molecular weight is 548 g/mol. The van der Waals surface area contributed by atoms with Gasteiger partial charge in [0.05, 0.1) is 46.2 Å². The van der Waals surface area contributed by atoms with E-state index < -0.39 is 23.7 Å². The Balaban J connectivity index is 1.97. The van der Waals surface area contributed by atoms with Crippen LogP contribution >= 0.6 is 35.0 Å². The van der Waals surface area contributed by atoms with Gasteiger partial charge in [-0.3, -0.25) is 14.4 Å². The largest absolute Gasteiger partial charge is 0.491 e. The number of hydrogen-bond acceptors (Lipinski definition) is 7. The molecule has 1 aliphatic rings. The zero-order valence-electron chi connectivity index (χ0n) is 19.7. The highest BCUT2D eigenvalue weighted by atomic mass is 35.5. The van der Waals surface area contributed by atoms with Gasteiger partial charge in [0.1, 0.15) is 5.92 Å². The summed E-state index contributed by atoms with van der Waals surface area (Å²) < 4.78 is 10.3. The number of carbonyl (C=O) groups excluding carboxylic acids is 3. The van der Waals surface area contributed by atoms with Gasteiger partial charge in [-0.25, -0.2) is 0 Å². The number of rotatable bonds is 8. The summed E-state index contributed by atoms with van der Waals surface area (Å²) in [6.45, 7) is 4.00. The highest BCUT2D eigenvalue weighted by Crippen LogP contribution is 2.44. The maximum absolute atomic E-state index is 13.0. The smallest absolute Gasteiger partial charge is 0.319 e. The third kappa shape index (κ3) is 6.13. The Morgan fingerprint density at radius 2 is 1.92 bits per heavy atom. The Hall–Kier alpha value is -3.19. The summed E-state index contributed by atoms with van der Waals surface area (Å²) in [5, 5.41) is 15.9. The predicted octanol–water partition coefficient (Wildman–Crippen LogP) is 4.81. The van der Waals surface area contributed by atoms with E-state index in [0.29, 0.717) is 17.9 Å². The lowest BCUT2D eigenvalue weighted by atomic mass is 9.78. The van der Waals surface area contributed by atoms with Gasteiger partial charge in [0.25, 0.3) is 0 Å². The number of nitrogens with one attached hydrogen (secondary N) is 2. The molecule has 11 heteroatoms. The fraction of sp³-hybridized carbons (Fsp3) is 0.280. The van der Waals surface area contributed by atoms with E-state index >= 15 is 0 Å². The van der Waals surface area contributed by atoms with Crippen molar-refractivity contribution in [3.8, 4) is 11.8 Å². The zero-order chi connectivity index (χ0) is 26.4. The first-order valence-electron chi connectivity index (χ1n) is 10.8. The number of thioether (sulfide) groups is 1. The third-order valence-electron chi connectivity index (χ3n) is 5.30. The van der Waals surface area contributed by atoms with Crippen molar-refractivity contribution in [2.75, 3.05) is 24.8 Å². The first-order valence-corrected chi connectivity index (χ1v) is 12.6. The first-order chi connectivity index (χ1) is 17.2. The molecule has 36 heavy (non-hydrogen) atoms. The van der Waals surface area contributed by atoms with E-state index in [9.17, 15) is 19.6 Å². The molecule has 3 rings (SSSR count). The number of hydrogen-bond donors (Lipinski definition) is 2. The van der Waals surface area contributed by atoms with Crippen LogP contribution in [0.5, 0.6) is 5.75 Å². The van der Waals surface area contributed by atoms with Crippen molar-refractivity contribution in [3.63, 3.8) is 0 Å². The minimum Gasteiger partial charge on any atom is -0.491 e. The number of nitrogens with zero attached hydrogens (tertiary/aromatic N) is 1. The number of ether oxygens (including phenoxy) is 2. The first kappa shape index (κ1) is 27.4. The van der Waals surface area contributed by atoms with E-state index in [1.54, 1.807) is 13.0 Å². The zero-order valence-corrected chi connectivity index (χ0v) is 22.0. The predicted molar refractivity (Wildman–Crippen MR) is 139 cm³/mol. The summed E-state index contributed by atoms with van der Waals surface area (Å²) in [6, 6.07) is 12.4. The summed E-state index contributed by atoms with van der Waals surface area (Å²) in [5.74, 6) is -4.06. The van der Waals surface area contributed by atoms with E-state index in [2.05, 4.69) is 16.7 Å². The number of halogens is 2. The van der Waals surface area contributed by atoms with Gasteiger partial charge in [-0.2, -0.15) is 5.26 Å². The molecule has 0 saturated heterocycles. The van der Waals surface area contributed by atoms with Gasteiger partial charge in [-0.1, -0.05) is 47.1 Å². The molecule has 2 N–H and O–H groups in total. The lowest BCUT2D eigenvalue weighted by Gasteiger charge is -2.31. The van der Waals surface area contributed by atoms with Crippen molar-refractivity contribution in [3.05, 3.63) is 68.2 Å². The van der Waals surface area contributed by atoms with Gasteiger partial charge in [-0.15, -0.1) is 0 Å². The van der Waals surface area contributed by atoms with Crippen LogP contribution in [0.4, 0.5) is 5.69 Å². The molecular formula is C25H23Cl2N3O5S. The van der Waals surface area contributed by atoms with E-state index in [-0.39, 0.29) is 38.1 Å². The fourth-order valence-electron chi connectivity index (χ4n) is 3.78. The fourth-order valence-corrected chi connectivity index (χ4v) is 5.24. The molecule has 2 aromatic carbocycles. The average Bonchev–Trinajstić information content (AvgIpc) is 2.83. The molecule has 0 saturated carbocycles. The summed E-state index contributed by atoms with van der Waals surface area (Å²) >= 11 is 13.7. The highest BCUT2D eigenvalue weighted by Gasteiger charge is 2.44. The molecule has 8 nitrogen and oxygen atoms in total. The molecule has 0 aliphatic carbocycles. The minimum absolute atomic E-state index is 0.0784. The number of anilines is 1. The normalized spacial score (nSPS) is 17.2. The van der Waals surface area contributed by atoms with Crippen molar-refractivity contribution in [2.45, 2.75) is 19.8 Å². The number of carbonyl (C=O) groups is 3. The standard InChI is InChI=1S/C25H23Cl2N3O5S/c1-4-35-22-17(26)9-14(10-18(22)27)20-16(11-28)24(30-23(32)21(20)25(33)34-3)36-12-19(31)29-15-7-5-6-13(2)8-15/h5-10,20-21H,4,12H2,1-3H3,(H,29,31)(H,30,32)/t20-,21+/m0/s1. The van der Waals surface area contributed by atoms with Crippen molar-refractivity contribution < 1.29 is 23.9 Å². The minimum atomic E-state index is -1.36. The van der Waals surface area contributed by atoms with Crippen LogP contribution in [0.1, 0.15) is 24.0 Å². The molecule has 0 unspecified atom stereocenters. The number of benzene rings is 2. The van der Waals surface area contributed by atoms with Gasteiger partial charge >= 0.3 is 5.97 Å². The number of methoxy groups -OCH3 is 1. The van der Waals surface area contributed by atoms with E-state index in [4.69, 9.17) is 32.7 Å². The summed E-state index contributed by atoms with van der Waals surface area (Å²) in [7, 11) is 1.15. The van der Waals surface area contributed by atoms with Crippen LogP contribution in [0.3, 0.4) is 0 Å². The molecule has 0 aromatic heterocycles. The molecular weight excluding hydrogens is 525 g/mol. The maximum atomic E-state index is 13.0. The van der Waals surface area contributed by atoms with Gasteiger partial charge in [0.2, 0.25) is 11.8 Å². The SMILES string of the molecule is CCOc1c(Cl)cc([C@H]2C(C#N)=C(SCC(=O)Nc3cccc(C)c3)NC(=O)[C@@H]2C(=O)OC)cc1Cl. The molecule has 0 spiro atoms. The van der Waals surface area contributed by atoms with E-state index in [0.717, 1.165) is 24.4 Å². The molecule has 188 valence electrons. The van der Waals surface area contributed by atoms with E-state index in [1.807, 2.05) is 25.1 Å². The Bertz CT molecular complexity index is 1250. The van der Waals surface area contributed by atoms with Gasteiger partial charge in [0.15, 0.2) is 5.75 Å². The van der Waals surface area contributed by atoms with Crippen molar-refractivity contribution in [1.29, 1.82) is 5.26 Å². The van der Waals surface area contributed by atoms with Gasteiger partial charge in [-0.05, 0) is 49.2 Å². The number of amides is 2. The number of allylic oxidation sites excluding steroid dienone is 1. The Labute approximate surface area is 222 Å². The monoisotopic (exact) mass is 547 g/mol. The van der Waals surface area contributed by atoms with E-state index in [1.165, 1.54) is 12.1 Å². The number of esters is 1. The molecule has 0 fully saturated rings. The third-order valence-corrected chi connectivity index (χ3v) is 6.88. The molecule has 2 aromatic rings. The molecule has 0 radical (unpaired) electrons. The van der Waals surface area contributed by atoms with Gasteiger partial charge < -0.3 is 20.1 Å². The topological polar surface area (TPSA) is 118 Å². The maximum Gasteiger partial charge on any atom is 0.319 e. The molecule has 1 heterocycles. The van der Waals surface area contributed by atoms with Crippen molar-refractivity contribution in [1.82, 2.24) is 5.32 Å². The molecule has 0 bridgehead atoms. The van der Waals surface area contributed by atoms with Crippen LogP contribution in [-0.2, 0) is 19.1 Å². The van der Waals surface area contributed by atoms with Crippen LogP contribution in [0, 0.1) is 24.2 Å². The quantitative estimate of drug-likeness (QED) is 0.359. The second kappa shape index (κ2) is 12.2.